The fourth-order valence-electron chi connectivity index (χ4n) is 1.53. The number of hydrogen-bond donors (Lipinski definition) is 1. The van der Waals surface area contributed by atoms with Gasteiger partial charge in [-0.3, -0.25) is 0 Å². The molecular formula is C9H16N4OS. The Kier molecular flexibility index (Phi) is 3.85. The zero-order valence-electron chi connectivity index (χ0n) is 8.69. The number of rotatable bonds is 3. The van der Waals surface area contributed by atoms with Gasteiger partial charge < -0.3 is 15.1 Å². The van der Waals surface area contributed by atoms with Gasteiger partial charge in [0.1, 0.15) is 0 Å². The summed E-state index contributed by atoms with van der Waals surface area (Å²) in [4.78, 5) is 2.16. The maximum Gasteiger partial charge on any atom is 0.318 e. The van der Waals surface area contributed by atoms with E-state index in [1.807, 2.05) is 11.8 Å². The van der Waals surface area contributed by atoms with Crippen LogP contribution in [0.4, 0.5) is 6.01 Å². The zero-order chi connectivity index (χ0) is 10.5. The second kappa shape index (κ2) is 5.37. The van der Waals surface area contributed by atoms with E-state index >= 15 is 0 Å². The van der Waals surface area contributed by atoms with Gasteiger partial charge in [-0.15, -0.1) is 5.10 Å². The van der Waals surface area contributed by atoms with Gasteiger partial charge in [0.05, 0.1) is 0 Å². The number of anilines is 1. The van der Waals surface area contributed by atoms with Crippen LogP contribution in [0.2, 0.25) is 0 Å². The van der Waals surface area contributed by atoms with E-state index in [1.165, 1.54) is 12.2 Å². The average molecular weight is 228 g/mol. The molecule has 1 aromatic heterocycles. The maximum absolute atomic E-state index is 5.53. The van der Waals surface area contributed by atoms with Gasteiger partial charge in [0.2, 0.25) is 5.89 Å². The Balaban J connectivity index is 2.00. The van der Waals surface area contributed by atoms with Crippen LogP contribution in [0.1, 0.15) is 12.3 Å². The normalized spacial score (nSPS) is 17.8. The van der Waals surface area contributed by atoms with Gasteiger partial charge in [-0.1, -0.05) is 5.10 Å². The third kappa shape index (κ3) is 2.85. The van der Waals surface area contributed by atoms with Gasteiger partial charge in [-0.05, 0) is 12.2 Å². The molecule has 1 saturated heterocycles. The van der Waals surface area contributed by atoms with Gasteiger partial charge in [0.25, 0.3) is 0 Å². The van der Waals surface area contributed by atoms with E-state index < -0.39 is 0 Å². The fourth-order valence-corrected chi connectivity index (χ4v) is 2.42. The molecule has 0 unspecified atom stereocenters. The molecule has 1 aliphatic heterocycles. The minimum Gasteiger partial charge on any atom is -0.408 e. The lowest BCUT2D eigenvalue weighted by molar-refractivity contribution is 0.485. The summed E-state index contributed by atoms with van der Waals surface area (Å²) in [5.74, 6) is 3.00. The van der Waals surface area contributed by atoms with Crippen LogP contribution >= 0.6 is 11.8 Å². The molecule has 6 heteroatoms. The van der Waals surface area contributed by atoms with Gasteiger partial charge in [0.15, 0.2) is 0 Å². The minimum absolute atomic E-state index is 0.553. The van der Waals surface area contributed by atoms with E-state index in [0.29, 0.717) is 24.9 Å². The molecule has 5 nitrogen and oxygen atoms in total. The monoisotopic (exact) mass is 228 g/mol. The first-order valence-corrected chi connectivity index (χ1v) is 6.41. The van der Waals surface area contributed by atoms with Crippen molar-refractivity contribution in [1.29, 1.82) is 0 Å². The Bertz CT molecular complexity index is 296. The van der Waals surface area contributed by atoms with Crippen LogP contribution in [0, 0.1) is 0 Å². The largest absolute Gasteiger partial charge is 0.408 e. The number of thioether (sulfide) groups is 1. The van der Waals surface area contributed by atoms with Crippen molar-refractivity contribution in [2.24, 2.45) is 5.73 Å². The van der Waals surface area contributed by atoms with Crippen molar-refractivity contribution in [3.8, 4) is 0 Å². The lowest BCUT2D eigenvalue weighted by Crippen LogP contribution is -2.25. The van der Waals surface area contributed by atoms with Gasteiger partial charge in [0, 0.05) is 31.8 Å². The van der Waals surface area contributed by atoms with E-state index in [0.717, 1.165) is 18.8 Å². The summed E-state index contributed by atoms with van der Waals surface area (Å²) in [5.41, 5.74) is 5.43. The van der Waals surface area contributed by atoms with Crippen LogP contribution in [-0.2, 0) is 6.42 Å². The lowest BCUT2D eigenvalue weighted by Gasteiger charge is -2.15. The molecule has 0 spiro atoms. The number of aromatic nitrogens is 2. The maximum atomic E-state index is 5.53. The lowest BCUT2D eigenvalue weighted by atomic mass is 10.4. The topological polar surface area (TPSA) is 68.2 Å². The highest BCUT2D eigenvalue weighted by Crippen LogP contribution is 2.17. The smallest absolute Gasteiger partial charge is 0.318 e. The number of nitrogens with zero attached hydrogens (tertiary/aromatic N) is 3. The van der Waals surface area contributed by atoms with E-state index in [2.05, 4.69) is 15.1 Å². The summed E-state index contributed by atoms with van der Waals surface area (Å²) in [6.07, 6.45) is 1.84. The third-order valence-corrected chi connectivity index (χ3v) is 3.36. The molecule has 0 amide bonds. The first kappa shape index (κ1) is 10.8. The van der Waals surface area contributed by atoms with Crippen molar-refractivity contribution in [2.75, 3.05) is 36.0 Å². The highest BCUT2D eigenvalue weighted by molar-refractivity contribution is 7.99. The van der Waals surface area contributed by atoms with E-state index in [4.69, 9.17) is 10.2 Å². The standard InChI is InChI=1S/C9H16N4OS/c10-3-2-8-11-12-9(14-8)13-4-1-6-15-7-5-13/h1-7,10H2. The first-order valence-electron chi connectivity index (χ1n) is 5.25. The van der Waals surface area contributed by atoms with Gasteiger partial charge in [-0.25, -0.2) is 0 Å². The molecule has 0 bridgehead atoms. The SMILES string of the molecule is NCCc1nnc(N2CCCSCC2)o1. The van der Waals surface area contributed by atoms with Crippen molar-refractivity contribution in [2.45, 2.75) is 12.8 Å². The molecule has 1 fully saturated rings. The molecule has 0 radical (unpaired) electrons. The van der Waals surface area contributed by atoms with Crippen molar-refractivity contribution in [3.05, 3.63) is 5.89 Å². The van der Waals surface area contributed by atoms with Gasteiger partial charge in [-0.2, -0.15) is 11.8 Å². The minimum atomic E-state index is 0.553. The predicted octanol–water partition coefficient (Wildman–Crippen LogP) is 0.514. The molecule has 0 atom stereocenters. The second-order valence-corrected chi connectivity index (χ2v) is 4.69. The van der Waals surface area contributed by atoms with Crippen LogP contribution in [0.5, 0.6) is 0 Å². The number of nitrogens with two attached hydrogens (primary N) is 1. The van der Waals surface area contributed by atoms with Crippen LogP contribution in [-0.4, -0.2) is 41.3 Å². The molecule has 0 aromatic carbocycles. The molecule has 0 saturated carbocycles. The summed E-state index contributed by atoms with van der Waals surface area (Å²) >= 11 is 1.98. The quantitative estimate of drug-likeness (QED) is 0.813. The van der Waals surface area contributed by atoms with E-state index in [9.17, 15) is 0 Å². The van der Waals surface area contributed by atoms with Crippen molar-refractivity contribution >= 4 is 17.8 Å². The summed E-state index contributed by atoms with van der Waals surface area (Å²) in [6.45, 7) is 2.56. The molecule has 2 rings (SSSR count). The van der Waals surface area contributed by atoms with Crippen LogP contribution in [0.3, 0.4) is 0 Å². The Hall–Kier alpha value is -0.750. The second-order valence-electron chi connectivity index (χ2n) is 3.47. The Morgan fingerprint density at radius 1 is 1.33 bits per heavy atom. The predicted molar refractivity (Wildman–Crippen MR) is 61.2 cm³/mol. The van der Waals surface area contributed by atoms with E-state index in [1.54, 1.807) is 0 Å². The fraction of sp³-hybridized carbons (Fsp3) is 0.778. The highest BCUT2D eigenvalue weighted by Gasteiger charge is 2.15. The van der Waals surface area contributed by atoms with Gasteiger partial charge >= 0.3 is 6.01 Å². The van der Waals surface area contributed by atoms with Crippen LogP contribution < -0.4 is 10.6 Å². The zero-order valence-corrected chi connectivity index (χ0v) is 9.50. The Labute approximate surface area is 93.4 Å². The molecule has 1 aliphatic rings. The Morgan fingerprint density at radius 3 is 3.13 bits per heavy atom. The summed E-state index contributed by atoms with van der Waals surface area (Å²) in [6, 6.07) is 0.654. The summed E-state index contributed by atoms with van der Waals surface area (Å²) in [7, 11) is 0. The Morgan fingerprint density at radius 2 is 2.27 bits per heavy atom. The average Bonchev–Trinajstić information content (AvgIpc) is 2.53. The third-order valence-electron chi connectivity index (χ3n) is 2.31. The molecule has 1 aromatic rings. The first-order chi connectivity index (χ1) is 7.40. The molecule has 0 aliphatic carbocycles. The molecule has 2 N–H and O–H groups in total. The summed E-state index contributed by atoms with van der Waals surface area (Å²) in [5, 5.41) is 8.01. The molecule has 2 heterocycles. The molecule has 15 heavy (non-hydrogen) atoms. The molecule has 84 valence electrons. The van der Waals surface area contributed by atoms with Crippen LogP contribution in [0.15, 0.2) is 4.42 Å². The van der Waals surface area contributed by atoms with Crippen LogP contribution in [0.25, 0.3) is 0 Å². The van der Waals surface area contributed by atoms with E-state index in [-0.39, 0.29) is 0 Å². The highest BCUT2D eigenvalue weighted by atomic mass is 32.2. The summed E-state index contributed by atoms with van der Waals surface area (Å²) < 4.78 is 5.53. The number of hydrogen-bond acceptors (Lipinski definition) is 6. The van der Waals surface area contributed by atoms with Crippen molar-refractivity contribution in [1.82, 2.24) is 10.2 Å². The molecular weight excluding hydrogens is 212 g/mol. The van der Waals surface area contributed by atoms with Crippen molar-refractivity contribution in [3.63, 3.8) is 0 Å². The van der Waals surface area contributed by atoms with Crippen molar-refractivity contribution < 1.29 is 4.42 Å².